The lowest BCUT2D eigenvalue weighted by molar-refractivity contribution is 0.0642. The first-order chi connectivity index (χ1) is 12.3. The zero-order valence-corrected chi connectivity index (χ0v) is 16.4. The predicted octanol–water partition coefficient (Wildman–Crippen LogP) is 1.80. The van der Waals surface area contributed by atoms with Crippen molar-refractivity contribution in [2.75, 3.05) is 26.2 Å². The van der Waals surface area contributed by atoms with E-state index in [9.17, 15) is 13.2 Å². The van der Waals surface area contributed by atoms with Gasteiger partial charge in [-0.25, -0.2) is 13.6 Å². The molecule has 0 bridgehead atoms. The van der Waals surface area contributed by atoms with Crippen molar-refractivity contribution >= 4 is 15.9 Å². The number of aryl methyl sites for hydroxylation is 1. The molecule has 144 valence electrons. The van der Waals surface area contributed by atoms with Crippen LogP contribution < -0.4 is 10.5 Å². The maximum atomic E-state index is 12.9. The van der Waals surface area contributed by atoms with Crippen LogP contribution in [0.3, 0.4) is 0 Å². The molecule has 2 fully saturated rings. The van der Waals surface area contributed by atoms with Crippen molar-refractivity contribution < 1.29 is 13.2 Å². The van der Waals surface area contributed by atoms with Crippen molar-refractivity contribution in [3.8, 4) is 0 Å². The average Bonchev–Trinajstić information content (AvgIpc) is 2.63. The van der Waals surface area contributed by atoms with Crippen LogP contribution in [0, 0.1) is 25.7 Å². The van der Waals surface area contributed by atoms with E-state index in [1.807, 2.05) is 11.8 Å². The van der Waals surface area contributed by atoms with Gasteiger partial charge < -0.3 is 10.2 Å². The van der Waals surface area contributed by atoms with Crippen LogP contribution in [-0.2, 0) is 10.0 Å². The van der Waals surface area contributed by atoms with Gasteiger partial charge in [-0.15, -0.1) is 0 Å². The molecule has 1 amide bonds. The number of primary sulfonamides is 1. The number of likely N-dealkylation sites (tertiary alicyclic amines) is 1. The zero-order valence-electron chi connectivity index (χ0n) is 15.6. The second kappa shape index (κ2) is 7.66. The molecule has 2 heterocycles. The third-order valence-electron chi connectivity index (χ3n) is 6.05. The number of sulfonamides is 1. The molecule has 0 aromatic heterocycles. The van der Waals surface area contributed by atoms with E-state index in [1.165, 1.54) is 18.9 Å². The Balaban J connectivity index is 1.71. The highest BCUT2D eigenvalue weighted by Crippen LogP contribution is 2.31. The number of nitrogens with zero attached hydrogens (tertiary/aromatic N) is 1. The highest BCUT2D eigenvalue weighted by atomic mass is 32.2. The van der Waals surface area contributed by atoms with Gasteiger partial charge in [-0.2, -0.15) is 0 Å². The Morgan fingerprint density at radius 1 is 1.08 bits per heavy atom. The third kappa shape index (κ3) is 4.10. The number of rotatable bonds is 3. The van der Waals surface area contributed by atoms with Crippen LogP contribution in [0.5, 0.6) is 0 Å². The predicted molar refractivity (Wildman–Crippen MR) is 102 cm³/mol. The summed E-state index contributed by atoms with van der Waals surface area (Å²) in [5, 5.41) is 8.72. The summed E-state index contributed by atoms with van der Waals surface area (Å²) in [5.74, 6) is 1.37. The van der Waals surface area contributed by atoms with E-state index in [0.29, 0.717) is 17.0 Å². The summed E-state index contributed by atoms with van der Waals surface area (Å²) in [4.78, 5) is 14.8. The molecule has 2 aliphatic heterocycles. The molecule has 0 atom stereocenters. The summed E-state index contributed by atoms with van der Waals surface area (Å²) in [5.41, 5.74) is 1.79. The first-order valence-electron chi connectivity index (χ1n) is 9.41. The zero-order chi connectivity index (χ0) is 18.9. The van der Waals surface area contributed by atoms with Gasteiger partial charge in [0.2, 0.25) is 10.0 Å². The standard InChI is InChI=1S/C19H29N3O3S/c1-13-11-17(12-18(14(13)2)26(20,24)25)19(23)22-9-5-16(6-10-22)15-3-7-21-8-4-15/h11-12,15-16,21H,3-10H2,1-2H3,(H2,20,24,25). The smallest absolute Gasteiger partial charge is 0.253 e. The maximum Gasteiger partial charge on any atom is 0.253 e. The minimum atomic E-state index is -3.84. The second-order valence-corrected chi connectivity index (χ2v) is 9.21. The van der Waals surface area contributed by atoms with Crippen LogP contribution in [-0.4, -0.2) is 45.4 Å². The molecule has 3 N–H and O–H groups in total. The van der Waals surface area contributed by atoms with Crippen LogP contribution in [0.2, 0.25) is 0 Å². The van der Waals surface area contributed by atoms with E-state index in [1.54, 1.807) is 13.0 Å². The first-order valence-corrected chi connectivity index (χ1v) is 11.0. The quantitative estimate of drug-likeness (QED) is 0.838. The molecule has 0 unspecified atom stereocenters. The topological polar surface area (TPSA) is 92.5 Å². The van der Waals surface area contributed by atoms with Crippen LogP contribution in [0.4, 0.5) is 0 Å². The molecule has 0 spiro atoms. The number of piperidine rings is 2. The first kappa shape index (κ1) is 19.3. The van der Waals surface area contributed by atoms with Crippen LogP contribution >= 0.6 is 0 Å². The molecule has 0 saturated carbocycles. The molecule has 1 aromatic rings. The molecule has 6 nitrogen and oxygen atoms in total. The van der Waals surface area contributed by atoms with E-state index < -0.39 is 10.0 Å². The fraction of sp³-hybridized carbons (Fsp3) is 0.632. The summed E-state index contributed by atoms with van der Waals surface area (Å²) in [7, 11) is -3.84. The molecular formula is C19H29N3O3S. The number of amides is 1. The number of benzene rings is 1. The Labute approximate surface area is 156 Å². The molecule has 0 radical (unpaired) electrons. The molecule has 7 heteroatoms. The fourth-order valence-corrected chi connectivity index (χ4v) is 5.20. The van der Waals surface area contributed by atoms with Crippen LogP contribution in [0.25, 0.3) is 0 Å². The Morgan fingerprint density at radius 2 is 1.65 bits per heavy atom. The van der Waals surface area contributed by atoms with Gasteiger partial charge in [0.15, 0.2) is 0 Å². The number of nitrogens with two attached hydrogens (primary N) is 1. The van der Waals surface area contributed by atoms with Gasteiger partial charge >= 0.3 is 0 Å². The largest absolute Gasteiger partial charge is 0.339 e. The van der Waals surface area contributed by atoms with Crippen molar-refractivity contribution in [3.05, 3.63) is 28.8 Å². The van der Waals surface area contributed by atoms with Gasteiger partial charge in [0.25, 0.3) is 5.91 Å². The van der Waals surface area contributed by atoms with Gasteiger partial charge in [-0.05, 0) is 87.7 Å². The molecule has 1 aromatic carbocycles. The molecule has 2 aliphatic rings. The number of nitrogens with one attached hydrogen (secondary N) is 1. The Kier molecular flexibility index (Phi) is 5.69. The van der Waals surface area contributed by atoms with E-state index in [-0.39, 0.29) is 10.8 Å². The van der Waals surface area contributed by atoms with Gasteiger partial charge in [0.1, 0.15) is 0 Å². The van der Waals surface area contributed by atoms with E-state index >= 15 is 0 Å². The third-order valence-corrected chi connectivity index (χ3v) is 7.09. The molecule has 0 aliphatic carbocycles. The fourth-order valence-electron chi connectivity index (χ4n) is 4.32. The molecule has 3 rings (SSSR count). The second-order valence-electron chi connectivity index (χ2n) is 7.68. The number of hydrogen-bond acceptors (Lipinski definition) is 4. The lowest BCUT2D eigenvalue weighted by atomic mass is 9.79. The van der Waals surface area contributed by atoms with Gasteiger partial charge in [0, 0.05) is 18.7 Å². The number of hydrogen-bond donors (Lipinski definition) is 2. The summed E-state index contributed by atoms with van der Waals surface area (Å²) in [6, 6.07) is 3.20. The minimum Gasteiger partial charge on any atom is -0.339 e. The lowest BCUT2D eigenvalue weighted by Crippen LogP contribution is -2.42. The van der Waals surface area contributed by atoms with E-state index in [0.717, 1.165) is 50.5 Å². The minimum absolute atomic E-state index is 0.0467. The summed E-state index contributed by atoms with van der Waals surface area (Å²) < 4.78 is 23.6. The van der Waals surface area contributed by atoms with Crippen molar-refractivity contribution in [3.63, 3.8) is 0 Å². The average molecular weight is 380 g/mol. The molecular weight excluding hydrogens is 350 g/mol. The SMILES string of the molecule is Cc1cc(C(=O)N2CCC(C3CCNCC3)CC2)cc(S(N)(=O)=O)c1C. The summed E-state index contributed by atoms with van der Waals surface area (Å²) in [6.45, 7) is 7.21. The van der Waals surface area contributed by atoms with Crippen LogP contribution in [0.1, 0.15) is 47.2 Å². The van der Waals surface area contributed by atoms with E-state index in [2.05, 4.69) is 5.32 Å². The van der Waals surface area contributed by atoms with Crippen molar-refractivity contribution in [1.82, 2.24) is 10.2 Å². The lowest BCUT2D eigenvalue weighted by Gasteiger charge is -2.38. The number of carbonyl (C=O) groups excluding carboxylic acids is 1. The molecule has 26 heavy (non-hydrogen) atoms. The van der Waals surface area contributed by atoms with Gasteiger partial charge in [0.05, 0.1) is 4.90 Å². The summed E-state index contributed by atoms with van der Waals surface area (Å²) in [6.07, 6.45) is 4.52. The van der Waals surface area contributed by atoms with Crippen molar-refractivity contribution in [2.24, 2.45) is 17.0 Å². The van der Waals surface area contributed by atoms with Gasteiger partial charge in [-0.3, -0.25) is 4.79 Å². The number of carbonyl (C=O) groups is 1. The highest BCUT2D eigenvalue weighted by molar-refractivity contribution is 7.89. The monoisotopic (exact) mass is 379 g/mol. The normalized spacial score (nSPS) is 20.3. The van der Waals surface area contributed by atoms with Crippen molar-refractivity contribution in [2.45, 2.75) is 44.4 Å². The Bertz CT molecular complexity index is 777. The summed E-state index contributed by atoms with van der Waals surface area (Å²) >= 11 is 0. The highest BCUT2D eigenvalue weighted by Gasteiger charge is 2.30. The Hall–Kier alpha value is -1.44. The van der Waals surface area contributed by atoms with Crippen LogP contribution in [0.15, 0.2) is 17.0 Å². The molecule has 2 saturated heterocycles. The maximum absolute atomic E-state index is 12.9. The van der Waals surface area contributed by atoms with Crippen molar-refractivity contribution in [1.29, 1.82) is 0 Å². The van der Waals surface area contributed by atoms with E-state index in [4.69, 9.17) is 5.14 Å². The Morgan fingerprint density at radius 3 is 2.23 bits per heavy atom. The van der Waals surface area contributed by atoms with Gasteiger partial charge in [-0.1, -0.05) is 0 Å².